The van der Waals surface area contributed by atoms with Crippen LogP contribution in [0, 0.1) is 0 Å². The molecule has 18 heavy (non-hydrogen) atoms. The van der Waals surface area contributed by atoms with Crippen LogP contribution in [-0.4, -0.2) is 11.9 Å². The highest BCUT2D eigenvalue weighted by Gasteiger charge is 2.05. The summed E-state index contributed by atoms with van der Waals surface area (Å²) in [4.78, 5) is 2.25. The van der Waals surface area contributed by atoms with Crippen molar-refractivity contribution in [3.63, 3.8) is 0 Å². The van der Waals surface area contributed by atoms with Crippen molar-refractivity contribution in [1.82, 2.24) is 4.90 Å². The highest BCUT2D eigenvalue weighted by Crippen LogP contribution is 2.23. The van der Waals surface area contributed by atoms with Crippen molar-refractivity contribution in [1.29, 1.82) is 0 Å². The van der Waals surface area contributed by atoms with E-state index in [-0.39, 0.29) is 0 Å². The van der Waals surface area contributed by atoms with Gasteiger partial charge in [-0.15, -0.1) is 11.3 Å². The normalized spacial score (nSPS) is 11.1. The molecule has 0 bridgehead atoms. The molecule has 0 radical (unpaired) electrons. The van der Waals surface area contributed by atoms with Crippen molar-refractivity contribution in [3.05, 3.63) is 49.6 Å². The maximum Gasteiger partial charge on any atom is 0.0701 e. The summed E-state index contributed by atoms with van der Waals surface area (Å²) < 4.78 is 1.17. The maximum atomic E-state index is 5.91. The number of anilines is 1. The summed E-state index contributed by atoms with van der Waals surface area (Å²) in [7, 11) is 2.09. The van der Waals surface area contributed by atoms with E-state index in [9.17, 15) is 0 Å². The molecular weight excluding hydrogens is 332 g/mol. The average Bonchev–Trinajstić information content (AvgIpc) is 2.69. The molecule has 0 aliphatic rings. The Hall–Kier alpha value is -0.550. The summed E-state index contributed by atoms with van der Waals surface area (Å²) in [5.41, 5.74) is 8.93. The summed E-state index contributed by atoms with van der Waals surface area (Å²) in [5.74, 6) is 0. The molecule has 0 atom stereocenters. The second-order valence-electron chi connectivity index (χ2n) is 4.29. The highest BCUT2D eigenvalue weighted by molar-refractivity contribution is 9.11. The first-order chi connectivity index (χ1) is 8.54. The summed E-state index contributed by atoms with van der Waals surface area (Å²) in [6, 6.07) is 7.94. The van der Waals surface area contributed by atoms with Gasteiger partial charge in [0.25, 0.3) is 0 Å². The largest absolute Gasteiger partial charge is 0.398 e. The van der Waals surface area contributed by atoms with Gasteiger partial charge in [0.2, 0.25) is 0 Å². The van der Waals surface area contributed by atoms with Gasteiger partial charge in [-0.2, -0.15) is 0 Å². The SMILES string of the molecule is CN(Cc1csc(Br)c1)Cc1ccc(Cl)c(N)c1. The minimum atomic E-state index is 0.614. The van der Waals surface area contributed by atoms with Crippen molar-refractivity contribution in [2.75, 3.05) is 12.8 Å². The number of nitrogens with zero attached hydrogens (tertiary/aromatic N) is 1. The Morgan fingerprint density at radius 3 is 2.61 bits per heavy atom. The van der Waals surface area contributed by atoms with Gasteiger partial charge in [0, 0.05) is 13.1 Å². The van der Waals surface area contributed by atoms with E-state index in [4.69, 9.17) is 17.3 Å². The zero-order valence-corrected chi connectivity index (χ0v) is 13.1. The predicted molar refractivity (Wildman–Crippen MR) is 83.1 cm³/mol. The Balaban J connectivity index is 1.98. The number of halogens is 2. The molecule has 96 valence electrons. The molecule has 2 rings (SSSR count). The fourth-order valence-electron chi connectivity index (χ4n) is 1.80. The zero-order chi connectivity index (χ0) is 13.1. The number of benzene rings is 1. The Morgan fingerprint density at radius 2 is 2.00 bits per heavy atom. The smallest absolute Gasteiger partial charge is 0.0701 e. The van der Waals surface area contributed by atoms with Crippen LogP contribution in [0.1, 0.15) is 11.1 Å². The van der Waals surface area contributed by atoms with Crippen LogP contribution < -0.4 is 5.73 Å². The Morgan fingerprint density at radius 1 is 1.28 bits per heavy atom. The van der Waals surface area contributed by atoms with Gasteiger partial charge in [0.1, 0.15) is 0 Å². The van der Waals surface area contributed by atoms with Crippen LogP contribution in [0.2, 0.25) is 5.02 Å². The molecule has 0 fully saturated rings. The number of hydrogen-bond donors (Lipinski definition) is 1. The van der Waals surface area contributed by atoms with Gasteiger partial charge < -0.3 is 5.73 Å². The van der Waals surface area contributed by atoms with E-state index in [1.165, 1.54) is 14.9 Å². The lowest BCUT2D eigenvalue weighted by molar-refractivity contribution is 0.319. The van der Waals surface area contributed by atoms with Crippen molar-refractivity contribution in [3.8, 4) is 0 Å². The third-order valence-electron chi connectivity index (χ3n) is 2.59. The predicted octanol–water partition coefficient (Wildman–Crippen LogP) is 4.38. The average molecular weight is 346 g/mol. The van der Waals surface area contributed by atoms with E-state index in [0.29, 0.717) is 10.7 Å². The molecule has 0 amide bonds. The quantitative estimate of drug-likeness (QED) is 0.833. The molecule has 5 heteroatoms. The first-order valence-electron chi connectivity index (χ1n) is 5.50. The second kappa shape index (κ2) is 6.06. The molecule has 1 aromatic heterocycles. The Bertz CT molecular complexity index is 542. The van der Waals surface area contributed by atoms with Gasteiger partial charge in [-0.1, -0.05) is 17.7 Å². The standard InChI is InChI=1S/C13H14BrClN2S/c1-17(7-10-5-13(14)18-8-10)6-9-2-3-11(15)12(16)4-9/h2-5,8H,6-7,16H2,1H3. The molecule has 1 aromatic carbocycles. The van der Waals surface area contributed by atoms with Gasteiger partial charge in [-0.3, -0.25) is 4.90 Å². The van der Waals surface area contributed by atoms with Crippen molar-refractivity contribution in [2.45, 2.75) is 13.1 Å². The summed E-state index contributed by atoms with van der Waals surface area (Å²) >= 11 is 11.1. The first kappa shape index (κ1) is 13.9. The van der Waals surface area contributed by atoms with Crippen LogP contribution in [-0.2, 0) is 13.1 Å². The van der Waals surface area contributed by atoms with Gasteiger partial charge in [-0.05, 0) is 57.7 Å². The minimum Gasteiger partial charge on any atom is -0.398 e. The van der Waals surface area contributed by atoms with E-state index < -0.39 is 0 Å². The molecule has 2 N–H and O–H groups in total. The Labute approximate surface area is 124 Å². The number of nitrogen functional groups attached to an aromatic ring is 1. The van der Waals surface area contributed by atoms with Gasteiger partial charge in [-0.25, -0.2) is 0 Å². The molecule has 2 aromatic rings. The lowest BCUT2D eigenvalue weighted by Crippen LogP contribution is -2.16. The topological polar surface area (TPSA) is 29.3 Å². The fraction of sp³-hybridized carbons (Fsp3) is 0.231. The van der Waals surface area contributed by atoms with Crippen molar-refractivity contribution >= 4 is 44.6 Å². The van der Waals surface area contributed by atoms with Crippen LogP contribution in [0.5, 0.6) is 0 Å². The summed E-state index contributed by atoms with van der Waals surface area (Å²) in [5, 5.41) is 2.78. The molecule has 0 spiro atoms. The third kappa shape index (κ3) is 3.72. The van der Waals surface area contributed by atoms with Crippen LogP contribution in [0.15, 0.2) is 33.4 Å². The second-order valence-corrected chi connectivity index (χ2v) is 6.98. The van der Waals surface area contributed by atoms with Gasteiger partial charge in [0.05, 0.1) is 14.5 Å². The molecule has 1 heterocycles. The van der Waals surface area contributed by atoms with Crippen LogP contribution >= 0.6 is 38.9 Å². The lowest BCUT2D eigenvalue weighted by atomic mass is 10.2. The number of thiophene rings is 1. The molecular formula is C13H14BrClN2S. The van der Waals surface area contributed by atoms with Gasteiger partial charge >= 0.3 is 0 Å². The molecule has 0 saturated carbocycles. The minimum absolute atomic E-state index is 0.614. The highest BCUT2D eigenvalue weighted by atomic mass is 79.9. The third-order valence-corrected chi connectivity index (χ3v) is 4.48. The summed E-state index contributed by atoms with van der Waals surface area (Å²) in [6.07, 6.45) is 0. The molecule has 0 aliphatic carbocycles. The molecule has 0 aliphatic heterocycles. The van der Waals surface area contributed by atoms with E-state index in [1.54, 1.807) is 11.3 Å². The molecule has 0 saturated heterocycles. The van der Waals surface area contributed by atoms with E-state index in [1.807, 2.05) is 18.2 Å². The zero-order valence-electron chi connectivity index (χ0n) is 9.99. The molecule has 0 unspecified atom stereocenters. The number of nitrogens with two attached hydrogens (primary N) is 1. The number of hydrogen-bond acceptors (Lipinski definition) is 3. The van der Waals surface area contributed by atoms with Crippen LogP contribution in [0.3, 0.4) is 0 Å². The maximum absolute atomic E-state index is 5.91. The van der Waals surface area contributed by atoms with Crippen molar-refractivity contribution in [2.24, 2.45) is 0 Å². The van der Waals surface area contributed by atoms with E-state index in [0.717, 1.165) is 13.1 Å². The number of rotatable bonds is 4. The van der Waals surface area contributed by atoms with Crippen LogP contribution in [0.4, 0.5) is 5.69 Å². The summed E-state index contributed by atoms with van der Waals surface area (Å²) in [6.45, 7) is 1.78. The van der Waals surface area contributed by atoms with Gasteiger partial charge in [0.15, 0.2) is 0 Å². The fourth-order valence-corrected chi connectivity index (χ4v) is 3.12. The monoisotopic (exact) mass is 344 g/mol. The van der Waals surface area contributed by atoms with E-state index in [2.05, 4.69) is 39.3 Å². The van der Waals surface area contributed by atoms with Crippen LogP contribution in [0.25, 0.3) is 0 Å². The Kier molecular flexibility index (Phi) is 4.67. The lowest BCUT2D eigenvalue weighted by Gasteiger charge is -2.16. The van der Waals surface area contributed by atoms with E-state index >= 15 is 0 Å². The van der Waals surface area contributed by atoms with Crippen molar-refractivity contribution < 1.29 is 0 Å². The first-order valence-corrected chi connectivity index (χ1v) is 7.55. The molecule has 2 nitrogen and oxygen atoms in total.